The molecular weight excluding hydrogens is 326 g/mol. The summed E-state index contributed by atoms with van der Waals surface area (Å²) in [6, 6.07) is 5.50. The Labute approximate surface area is 107 Å². The molecule has 1 aliphatic rings. The first kappa shape index (κ1) is 11.2. The van der Waals surface area contributed by atoms with Gasteiger partial charge in [0.1, 0.15) is 0 Å². The number of benzene rings is 1. The Bertz CT molecular complexity index is 410. The minimum atomic E-state index is -0.0501. The monoisotopic (exact) mass is 336 g/mol. The molecule has 1 aromatic carbocycles. The fraction of sp³-hybridized carbons (Fsp3) is 0.300. The predicted octanol–water partition coefficient (Wildman–Crippen LogP) is 2.01. The van der Waals surface area contributed by atoms with Crippen molar-refractivity contribution in [2.45, 2.75) is 12.5 Å². The number of rotatable bonds is 1. The van der Waals surface area contributed by atoms with Crippen molar-refractivity contribution in [3.8, 4) is 0 Å². The van der Waals surface area contributed by atoms with E-state index < -0.39 is 0 Å². The second-order valence-electron chi connectivity index (χ2n) is 3.57. The zero-order valence-corrected chi connectivity index (χ0v) is 10.8. The number of anilines is 1. The highest BCUT2D eigenvalue weighted by atomic mass is 127. The summed E-state index contributed by atoms with van der Waals surface area (Å²) in [5, 5.41) is 0.704. The molecule has 1 unspecified atom stereocenters. The van der Waals surface area contributed by atoms with Crippen molar-refractivity contribution < 1.29 is 4.79 Å². The molecule has 0 saturated carbocycles. The molecule has 1 saturated heterocycles. The Morgan fingerprint density at radius 3 is 2.80 bits per heavy atom. The Hall–Kier alpha value is -0.330. The molecule has 3 nitrogen and oxygen atoms in total. The fourth-order valence-electron chi connectivity index (χ4n) is 1.64. The van der Waals surface area contributed by atoms with Crippen LogP contribution in [0.5, 0.6) is 0 Å². The topological polar surface area (TPSA) is 46.3 Å². The third-order valence-corrected chi connectivity index (χ3v) is 3.91. The average Bonchev–Trinajstić information content (AvgIpc) is 2.50. The fourth-order valence-corrected chi connectivity index (χ4v) is 2.25. The maximum absolute atomic E-state index is 11.6. The summed E-state index contributed by atoms with van der Waals surface area (Å²) in [6.07, 6.45) is 0.430. The molecule has 2 N–H and O–H groups in total. The number of halogens is 2. The van der Waals surface area contributed by atoms with E-state index in [2.05, 4.69) is 22.6 Å². The largest absolute Gasteiger partial charge is 0.326 e. The molecule has 1 fully saturated rings. The molecule has 1 amide bonds. The highest BCUT2D eigenvalue weighted by Gasteiger charge is 2.28. The van der Waals surface area contributed by atoms with Gasteiger partial charge < -0.3 is 10.6 Å². The number of amides is 1. The normalized spacial score (nSPS) is 21.1. The summed E-state index contributed by atoms with van der Waals surface area (Å²) in [5.74, 6) is 0.0839. The minimum absolute atomic E-state index is 0.0501. The molecule has 0 radical (unpaired) electrons. The maximum atomic E-state index is 11.6. The molecule has 0 aliphatic carbocycles. The Balaban J connectivity index is 2.30. The predicted molar refractivity (Wildman–Crippen MR) is 69.1 cm³/mol. The van der Waals surface area contributed by atoms with Gasteiger partial charge in [-0.2, -0.15) is 0 Å². The molecule has 5 heteroatoms. The molecule has 1 aromatic rings. The average molecular weight is 337 g/mol. The van der Waals surface area contributed by atoms with Gasteiger partial charge in [-0.25, -0.2) is 0 Å². The lowest BCUT2D eigenvalue weighted by atomic mass is 10.3. The van der Waals surface area contributed by atoms with Gasteiger partial charge in [0.05, 0.1) is 5.02 Å². The van der Waals surface area contributed by atoms with E-state index in [0.29, 0.717) is 18.0 Å². The van der Waals surface area contributed by atoms with E-state index in [1.807, 2.05) is 12.1 Å². The van der Waals surface area contributed by atoms with Crippen molar-refractivity contribution in [3.63, 3.8) is 0 Å². The molecule has 0 aromatic heterocycles. The summed E-state index contributed by atoms with van der Waals surface area (Å²) in [5.41, 5.74) is 6.61. The molecule has 15 heavy (non-hydrogen) atoms. The maximum Gasteiger partial charge on any atom is 0.228 e. The van der Waals surface area contributed by atoms with Crippen LogP contribution in [-0.2, 0) is 4.79 Å². The molecule has 0 spiro atoms. The van der Waals surface area contributed by atoms with Crippen molar-refractivity contribution in [3.05, 3.63) is 26.8 Å². The van der Waals surface area contributed by atoms with Crippen molar-refractivity contribution in [1.82, 2.24) is 0 Å². The van der Waals surface area contributed by atoms with Crippen molar-refractivity contribution in [2.75, 3.05) is 11.4 Å². The van der Waals surface area contributed by atoms with E-state index in [1.165, 1.54) is 0 Å². The Kier molecular flexibility index (Phi) is 3.18. The summed E-state index contributed by atoms with van der Waals surface area (Å²) in [6.45, 7) is 0.594. The van der Waals surface area contributed by atoms with Gasteiger partial charge in [0.25, 0.3) is 0 Å². The van der Waals surface area contributed by atoms with Crippen LogP contribution in [0.1, 0.15) is 6.42 Å². The summed E-state index contributed by atoms with van der Waals surface area (Å²) >= 11 is 8.06. The van der Waals surface area contributed by atoms with E-state index in [-0.39, 0.29) is 11.9 Å². The lowest BCUT2D eigenvalue weighted by Gasteiger charge is -2.16. The van der Waals surface area contributed by atoms with E-state index in [1.54, 1.807) is 11.0 Å². The van der Waals surface area contributed by atoms with Gasteiger partial charge in [-0.3, -0.25) is 4.79 Å². The van der Waals surface area contributed by atoms with E-state index in [4.69, 9.17) is 17.3 Å². The summed E-state index contributed by atoms with van der Waals surface area (Å²) < 4.78 is 0.944. The van der Waals surface area contributed by atoms with Crippen LogP contribution in [0.25, 0.3) is 0 Å². The van der Waals surface area contributed by atoms with Crippen LogP contribution < -0.4 is 10.6 Å². The number of carbonyl (C=O) groups excluding carboxylic acids is 1. The zero-order valence-electron chi connectivity index (χ0n) is 7.91. The van der Waals surface area contributed by atoms with Crippen LogP contribution in [0.3, 0.4) is 0 Å². The molecule has 1 aliphatic heterocycles. The van der Waals surface area contributed by atoms with Gasteiger partial charge in [0, 0.05) is 28.3 Å². The lowest BCUT2D eigenvalue weighted by Crippen LogP contribution is -2.27. The number of carbonyl (C=O) groups is 1. The van der Waals surface area contributed by atoms with Gasteiger partial charge in [-0.15, -0.1) is 0 Å². The summed E-state index contributed by atoms with van der Waals surface area (Å²) in [7, 11) is 0. The van der Waals surface area contributed by atoms with Crippen LogP contribution in [0.15, 0.2) is 18.2 Å². The van der Waals surface area contributed by atoms with E-state index in [0.717, 1.165) is 9.26 Å². The number of hydrogen-bond donors (Lipinski definition) is 1. The standard InChI is InChI=1S/C10H10ClIN2O/c11-8-2-1-7(4-9(8)12)14-5-6(13)3-10(14)15/h1-2,4,6H,3,5,13H2. The van der Waals surface area contributed by atoms with Crippen molar-refractivity contribution in [1.29, 1.82) is 0 Å². The third-order valence-electron chi connectivity index (χ3n) is 2.37. The first-order valence-corrected chi connectivity index (χ1v) is 6.04. The number of nitrogens with two attached hydrogens (primary N) is 1. The number of nitrogens with zero attached hydrogens (tertiary/aromatic N) is 1. The first-order valence-electron chi connectivity index (χ1n) is 4.59. The summed E-state index contributed by atoms with van der Waals surface area (Å²) in [4.78, 5) is 13.3. The van der Waals surface area contributed by atoms with Crippen LogP contribution >= 0.6 is 34.2 Å². The SMILES string of the molecule is NC1CC(=O)N(c2ccc(Cl)c(I)c2)C1. The van der Waals surface area contributed by atoms with E-state index >= 15 is 0 Å². The third kappa shape index (κ3) is 2.26. The van der Waals surface area contributed by atoms with Crippen LogP contribution in [0.4, 0.5) is 5.69 Å². The van der Waals surface area contributed by atoms with Crippen molar-refractivity contribution in [2.24, 2.45) is 5.73 Å². The molecule has 2 rings (SSSR count). The zero-order chi connectivity index (χ0) is 11.0. The quantitative estimate of drug-likeness (QED) is 0.798. The van der Waals surface area contributed by atoms with E-state index in [9.17, 15) is 4.79 Å². The van der Waals surface area contributed by atoms with Gasteiger partial charge in [0.15, 0.2) is 0 Å². The van der Waals surface area contributed by atoms with Crippen LogP contribution in [-0.4, -0.2) is 18.5 Å². The molecule has 80 valence electrons. The Morgan fingerprint density at radius 2 is 2.27 bits per heavy atom. The number of hydrogen-bond acceptors (Lipinski definition) is 2. The van der Waals surface area contributed by atoms with Gasteiger partial charge in [-0.05, 0) is 40.8 Å². The van der Waals surface area contributed by atoms with Crippen LogP contribution in [0.2, 0.25) is 5.02 Å². The van der Waals surface area contributed by atoms with Crippen molar-refractivity contribution >= 4 is 45.8 Å². The second-order valence-corrected chi connectivity index (χ2v) is 5.14. The Morgan fingerprint density at radius 1 is 1.53 bits per heavy atom. The molecule has 0 bridgehead atoms. The highest BCUT2D eigenvalue weighted by molar-refractivity contribution is 14.1. The molecule has 1 heterocycles. The van der Waals surface area contributed by atoms with Gasteiger partial charge >= 0.3 is 0 Å². The molecule has 1 atom stereocenters. The van der Waals surface area contributed by atoms with Crippen LogP contribution in [0, 0.1) is 3.57 Å². The first-order chi connectivity index (χ1) is 7.08. The lowest BCUT2D eigenvalue weighted by molar-refractivity contribution is -0.117. The van der Waals surface area contributed by atoms with Gasteiger partial charge in [0.2, 0.25) is 5.91 Å². The minimum Gasteiger partial charge on any atom is -0.326 e. The highest BCUT2D eigenvalue weighted by Crippen LogP contribution is 2.27. The molecular formula is C10H10ClIN2O. The smallest absolute Gasteiger partial charge is 0.228 e. The second kappa shape index (κ2) is 4.27. The van der Waals surface area contributed by atoms with Gasteiger partial charge in [-0.1, -0.05) is 11.6 Å².